The molecule has 1 atom stereocenters. The molecule has 0 radical (unpaired) electrons. The Morgan fingerprint density at radius 2 is 1.86 bits per heavy atom. The third kappa shape index (κ3) is 4.60. The largest absolute Gasteiger partial charge is 0.444 e. The van der Waals surface area contributed by atoms with Gasteiger partial charge in [0, 0.05) is 11.4 Å². The number of benzene rings is 1. The van der Waals surface area contributed by atoms with E-state index in [1.54, 1.807) is 16.2 Å². The molecule has 1 aromatic heterocycles. The summed E-state index contributed by atoms with van der Waals surface area (Å²) >= 11 is 1.66. The van der Waals surface area contributed by atoms with Crippen molar-refractivity contribution < 1.29 is 9.53 Å². The van der Waals surface area contributed by atoms with E-state index in [-0.39, 0.29) is 12.1 Å². The third-order valence-corrected chi connectivity index (χ3v) is 4.29. The predicted octanol–water partition coefficient (Wildman–Crippen LogP) is 5.25. The fraction of sp³-hybridized carbons (Fsp3) is 0.389. The van der Waals surface area contributed by atoms with Crippen LogP contribution in [0.5, 0.6) is 0 Å². The topological polar surface area (TPSA) is 29.5 Å². The lowest BCUT2D eigenvalue weighted by Crippen LogP contribution is -2.37. The summed E-state index contributed by atoms with van der Waals surface area (Å²) in [5, 5.41) is 2.03. The molecule has 0 aliphatic heterocycles. The first kappa shape index (κ1) is 16.6. The van der Waals surface area contributed by atoms with Crippen molar-refractivity contribution in [1.82, 2.24) is 4.90 Å². The second-order valence-corrected chi connectivity index (χ2v) is 7.26. The van der Waals surface area contributed by atoms with E-state index < -0.39 is 5.60 Å². The van der Waals surface area contributed by atoms with Crippen molar-refractivity contribution in [3.8, 4) is 0 Å². The quantitative estimate of drug-likeness (QED) is 0.771. The van der Waals surface area contributed by atoms with Crippen molar-refractivity contribution >= 4 is 17.4 Å². The van der Waals surface area contributed by atoms with Crippen molar-refractivity contribution in [2.45, 2.75) is 45.9 Å². The minimum Gasteiger partial charge on any atom is -0.444 e. The Kier molecular flexibility index (Phi) is 5.24. The molecule has 1 aromatic carbocycles. The number of thiophene rings is 1. The average Bonchev–Trinajstić information content (AvgIpc) is 2.97. The van der Waals surface area contributed by atoms with Crippen molar-refractivity contribution in [3.63, 3.8) is 0 Å². The third-order valence-electron chi connectivity index (χ3n) is 3.25. The molecule has 0 fully saturated rings. The molecule has 0 aliphatic carbocycles. The highest BCUT2D eigenvalue weighted by Crippen LogP contribution is 2.27. The van der Waals surface area contributed by atoms with Crippen LogP contribution in [0.15, 0.2) is 47.8 Å². The smallest absolute Gasteiger partial charge is 0.411 e. The molecule has 3 nitrogen and oxygen atoms in total. The summed E-state index contributed by atoms with van der Waals surface area (Å²) in [6, 6.07) is 14.0. The van der Waals surface area contributed by atoms with Gasteiger partial charge in [-0.15, -0.1) is 11.3 Å². The first-order valence-corrected chi connectivity index (χ1v) is 8.32. The molecule has 0 bridgehead atoms. The lowest BCUT2D eigenvalue weighted by Gasteiger charge is -2.31. The van der Waals surface area contributed by atoms with Gasteiger partial charge in [-0.3, -0.25) is 4.90 Å². The molecule has 0 spiro atoms. The molecule has 2 aromatic rings. The summed E-state index contributed by atoms with van der Waals surface area (Å²) in [5.74, 6) is 0. The number of carbonyl (C=O) groups is 1. The van der Waals surface area contributed by atoms with Crippen LogP contribution in [0, 0.1) is 0 Å². The minimum atomic E-state index is -0.499. The summed E-state index contributed by atoms with van der Waals surface area (Å²) in [6.07, 6.45) is -0.280. The van der Waals surface area contributed by atoms with E-state index in [0.29, 0.717) is 6.54 Å². The van der Waals surface area contributed by atoms with Crippen LogP contribution < -0.4 is 0 Å². The second-order valence-electron chi connectivity index (χ2n) is 6.29. The maximum Gasteiger partial charge on any atom is 0.411 e. The van der Waals surface area contributed by atoms with Gasteiger partial charge in [-0.25, -0.2) is 4.79 Å². The van der Waals surface area contributed by atoms with Crippen LogP contribution >= 0.6 is 11.3 Å². The van der Waals surface area contributed by atoms with E-state index >= 15 is 0 Å². The molecule has 0 saturated carbocycles. The fourth-order valence-corrected chi connectivity index (χ4v) is 2.94. The molecule has 22 heavy (non-hydrogen) atoms. The van der Waals surface area contributed by atoms with Gasteiger partial charge in [0.15, 0.2) is 0 Å². The molecule has 118 valence electrons. The molecule has 0 N–H and O–H groups in total. The van der Waals surface area contributed by atoms with Crippen molar-refractivity contribution in [2.24, 2.45) is 0 Å². The molecule has 4 heteroatoms. The Morgan fingerprint density at radius 1 is 1.18 bits per heavy atom. The van der Waals surface area contributed by atoms with Crippen molar-refractivity contribution in [3.05, 3.63) is 58.3 Å². The van der Waals surface area contributed by atoms with E-state index in [9.17, 15) is 4.79 Å². The first-order chi connectivity index (χ1) is 10.4. The predicted molar refractivity (Wildman–Crippen MR) is 91.0 cm³/mol. The zero-order valence-corrected chi connectivity index (χ0v) is 14.4. The Bertz CT molecular complexity index is 587. The van der Waals surface area contributed by atoms with Crippen LogP contribution in [0.25, 0.3) is 0 Å². The van der Waals surface area contributed by atoms with Gasteiger partial charge in [0.05, 0.1) is 6.04 Å². The Morgan fingerprint density at radius 3 is 2.41 bits per heavy atom. The van der Waals surface area contributed by atoms with Crippen LogP contribution in [0.1, 0.15) is 44.2 Å². The molecule has 0 aliphatic rings. The van der Waals surface area contributed by atoms with E-state index in [2.05, 4.69) is 6.07 Å². The van der Waals surface area contributed by atoms with E-state index in [1.807, 2.05) is 69.5 Å². The van der Waals surface area contributed by atoms with Gasteiger partial charge in [0.25, 0.3) is 0 Å². The van der Waals surface area contributed by atoms with Gasteiger partial charge in [-0.1, -0.05) is 36.4 Å². The number of rotatable bonds is 4. The average molecular weight is 317 g/mol. The summed E-state index contributed by atoms with van der Waals surface area (Å²) in [6.45, 7) is 8.25. The van der Waals surface area contributed by atoms with E-state index in [4.69, 9.17) is 4.74 Å². The molecule has 0 unspecified atom stereocenters. The van der Waals surface area contributed by atoms with Crippen LogP contribution in [0.2, 0.25) is 0 Å². The van der Waals surface area contributed by atoms with Gasteiger partial charge in [0.1, 0.15) is 5.60 Å². The molecule has 1 heterocycles. The van der Waals surface area contributed by atoms with Crippen molar-refractivity contribution in [1.29, 1.82) is 0 Å². The maximum atomic E-state index is 12.6. The Hall–Kier alpha value is -1.81. The monoisotopic (exact) mass is 317 g/mol. The number of nitrogens with zero attached hydrogens (tertiary/aromatic N) is 1. The molecule has 0 saturated heterocycles. The summed E-state index contributed by atoms with van der Waals surface area (Å²) in [7, 11) is 0. The Balaban J connectivity index is 2.22. The van der Waals surface area contributed by atoms with E-state index in [0.717, 1.165) is 10.4 Å². The van der Waals surface area contributed by atoms with Gasteiger partial charge in [-0.05, 0) is 44.7 Å². The SMILES string of the molecule is C[C@H](c1cccs1)N(Cc1ccccc1)C(=O)OC(C)(C)C. The number of amides is 1. The number of hydrogen-bond donors (Lipinski definition) is 0. The highest BCUT2D eigenvalue weighted by Gasteiger charge is 2.27. The Labute approximate surface area is 136 Å². The first-order valence-electron chi connectivity index (χ1n) is 7.44. The standard InChI is InChI=1S/C18H23NO2S/c1-14(16-11-8-12-22-16)19(17(20)21-18(2,3)4)13-15-9-6-5-7-10-15/h5-12,14H,13H2,1-4H3/t14-/m1/s1. The van der Waals surface area contributed by atoms with Crippen LogP contribution in [-0.2, 0) is 11.3 Å². The lowest BCUT2D eigenvalue weighted by atomic mass is 10.1. The highest BCUT2D eigenvalue weighted by molar-refractivity contribution is 7.10. The summed E-state index contributed by atoms with van der Waals surface area (Å²) < 4.78 is 5.58. The second kappa shape index (κ2) is 6.97. The molecule has 1 amide bonds. The number of carbonyl (C=O) groups excluding carboxylic acids is 1. The van der Waals surface area contributed by atoms with Crippen molar-refractivity contribution in [2.75, 3.05) is 0 Å². The minimum absolute atomic E-state index is 0.0185. The normalized spacial score (nSPS) is 12.7. The van der Waals surface area contributed by atoms with Gasteiger partial charge in [0.2, 0.25) is 0 Å². The zero-order chi connectivity index (χ0) is 16.2. The molecular formula is C18H23NO2S. The van der Waals surface area contributed by atoms with Gasteiger partial charge >= 0.3 is 6.09 Å². The highest BCUT2D eigenvalue weighted by atomic mass is 32.1. The maximum absolute atomic E-state index is 12.6. The number of ether oxygens (including phenoxy) is 1. The fourth-order valence-electron chi connectivity index (χ4n) is 2.14. The number of hydrogen-bond acceptors (Lipinski definition) is 3. The van der Waals surface area contributed by atoms with E-state index in [1.165, 1.54) is 0 Å². The van der Waals surface area contributed by atoms with Gasteiger partial charge in [-0.2, -0.15) is 0 Å². The molecule has 2 rings (SSSR count). The molecular weight excluding hydrogens is 294 g/mol. The van der Waals surface area contributed by atoms with Crippen LogP contribution in [0.4, 0.5) is 4.79 Å². The van der Waals surface area contributed by atoms with Crippen LogP contribution in [0.3, 0.4) is 0 Å². The lowest BCUT2D eigenvalue weighted by molar-refractivity contribution is 0.0156. The van der Waals surface area contributed by atoms with Crippen LogP contribution in [-0.4, -0.2) is 16.6 Å². The zero-order valence-electron chi connectivity index (χ0n) is 13.6. The summed E-state index contributed by atoms with van der Waals surface area (Å²) in [5.41, 5.74) is 0.595. The van der Waals surface area contributed by atoms with Gasteiger partial charge < -0.3 is 4.74 Å². The summed E-state index contributed by atoms with van der Waals surface area (Å²) in [4.78, 5) is 15.5.